The standard InChI is InChI=1S/C19H27F3N2O2.ClH/c1-18(2,3)26-15-6-5-14(16(10-15)19(20,21)22)12-24-17(25)7-4-13-8-9-23-11-13;/h5-6,10,13,23H,4,7-9,11-12H2,1-3H3,(H,24,25);1H. The fourth-order valence-corrected chi connectivity index (χ4v) is 2.97. The van der Waals surface area contributed by atoms with E-state index in [2.05, 4.69) is 10.6 Å². The minimum absolute atomic E-state index is 0. The van der Waals surface area contributed by atoms with Gasteiger partial charge in [-0.05, 0) is 70.3 Å². The molecule has 0 bridgehead atoms. The lowest BCUT2D eigenvalue weighted by Crippen LogP contribution is -2.26. The monoisotopic (exact) mass is 408 g/mol. The number of hydrogen-bond donors (Lipinski definition) is 2. The van der Waals surface area contributed by atoms with Crippen LogP contribution in [0.3, 0.4) is 0 Å². The van der Waals surface area contributed by atoms with Gasteiger partial charge in [0.05, 0.1) is 5.56 Å². The van der Waals surface area contributed by atoms with Crippen molar-refractivity contribution in [3.63, 3.8) is 0 Å². The SMILES string of the molecule is CC(C)(C)Oc1ccc(CNC(=O)CCC2CCNC2)c(C(F)(F)F)c1.Cl. The van der Waals surface area contributed by atoms with E-state index in [0.717, 1.165) is 32.0 Å². The second kappa shape index (κ2) is 9.64. The molecule has 27 heavy (non-hydrogen) atoms. The summed E-state index contributed by atoms with van der Waals surface area (Å²) < 4.78 is 45.6. The predicted molar refractivity (Wildman–Crippen MR) is 101 cm³/mol. The van der Waals surface area contributed by atoms with Crippen LogP contribution < -0.4 is 15.4 Å². The highest BCUT2D eigenvalue weighted by molar-refractivity contribution is 5.85. The lowest BCUT2D eigenvalue weighted by atomic mass is 10.0. The third kappa shape index (κ3) is 7.97. The first kappa shape index (κ1) is 23.6. The molecule has 154 valence electrons. The zero-order valence-electron chi connectivity index (χ0n) is 15.9. The van der Waals surface area contributed by atoms with Crippen LogP contribution in [0.25, 0.3) is 0 Å². The summed E-state index contributed by atoms with van der Waals surface area (Å²) in [6, 6.07) is 3.87. The Balaban J connectivity index is 0.00000364. The highest BCUT2D eigenvalue weighted by atomic mass is 35.5. The number of hydrogen-bond acceptors (Lipinski definition) is 3. The smallest absolute Gasteiger partial charge is 0.416 e. The molecule has 0 saturated carbocycles. The number of carbonyl (C=O) groups is 1. The minimum atomic E-state index is -4.51. The molecule has 4 nitrogen and oxygen atoms in total. The molecular weight excluding hydrogens is 381 g/mol. The van der Waals surface area contributed by atoms with Crippen LogP contribution in [-0.4, -0.2) is 24.6 Å². The minimum Gasteiger partial charge on any atom is -0.488 e. The molecule has 1 aliphatic heterocycles. The maximum absolute atomic E-state index is 13.4. The van der Waals surface area contributed by atoms with Crippen molar-refractivity contribution in [2.24, 2.45) is 5.92 Å². The summed E-state index contributed by atoms with van der Waals surface area (Å²) in [5.74, 6) is 0.411. The number of alkyl halides is 3. The molecule has 1 aliphatic rings. The molecule has 0 radical (unpaired) electrons. The van der Waals surface area contributed by atoms with E-state index in [9.17, 15) is 18.0 Å². The van der Waals surface area contributed by atoms with E-state index in [4.69, 9.17) is 4.74 Å². The van der Waals surface area contributed by atoms with Crippen molar-refractivity contribution in [3.8, 4) is 5.75 Å². The number of halogens is 4. The van der Waals surface area contributed by atoms with Gasteiger partial charge in [-0.25, -0.2) is 0 Å². The molecule has 2 rings (SSSR count). The molecule has 0 spiro atoms. The van der Waals surface area contributed by atoms with Crippen molar-refractivity contribution in [1.29, 1.82) is 0 Å². The van der Waals surface area contributed by atoms with Crippen LogP contribution in [0.5, 0.6) is 5.75 Å². The first-order chi connectivity index (χ1) is 12.0. The van der Waals surface area contributed by atoms with Crippen LogP contribution in [0.4, 0.5) is 13.2 Å². The number of benzene rings is 1. The van der Waals surface area contributed by atoms with Gasteiger partial charge < -0.3 is 15.4 Å². The fourth-order valence-electron chi connectivity index (χ4n) is 2.97. The summed E-state index contributed by atoms with van der Waals surface area (Å²) in [5, 5.41) is 5.83. The van der Waals surface area contributed by atoms with Crippen molar-refractivity contribution in [2.45, 2.75) is 58.4 Å². The molecule has 1 fully saturated rings. The third-order valence-electron chi connectivity index (χ3n) is 4.23. The van der Waals surface area contributed by atoms with Gasteiger partial charge in [-0.1, -0.05) is 6.07 Å². The van der Waals surface area contributed by atoms with Gasteiger partial charge in [0.25, 0.3) is 0 Å². The van der Waals surface area contributed by atoms with Crippen molar-refractivity contribution >= 4 is 18.3 Å². The van der Waals surface area contributed by atoms with Gasteiger partial charge >= 0.3 is 6.18 Å². The Morgan fingerprint density at radius 1 is 1.30 bits per heavy atom. The molecule has 2 N–H and O–H groups in total. The van der Waals surface area contributed by atoms with Crippen LogP contribution >= 0.6 is 12.4 Å². The molecule has 1 aromatic carbocycles. The van der Waals surface area contributed by atoms with E-state index in [-0.39, 0.29) is 36.2 Å². The molecule has 1 atom stereocenters. The lowest BCUT2D eigenvalue weighted by Gasteiger charge is -2.23. The summed E-state index contributed by atoms with van der Waals surface area (Å²) in [6.07, 6.45) is -2.38. The number of nitrogens with one attached hydrogen (secondary N) is 2. The molecule has 1 saturated heterocycles. The summed E-state index contributed by atoms with van der Waals surface area (Å²) in [6.45, 7) is 7.04. The largest absolute Gasteiger partial charge is 0.488 e. The van der Waals surface area contributed by atoms with E-state index >= 15 is 0 Å². The zero-order chi connectivity index (χ0) is 19.4. The van der Waals surface area contributed by atoms with Gasteiger partial charge in [0.2, 0.25) is 5.91 Å². The van der Waals surface area contributed by atoms with Gasteiger partial charge in [-0.2, -0.15) is 13.2 Å². The van der Waals surface area contributed by atoms with Crippen molar-refractivity contribution < 1.29 is 22.7 Å². The normalized spacial score (nSPS) is 17.3. The Labute approximate surface area is 164 Å². The Morgan fingerprint density at radius 2 is 2.00 bits per heavy atom. The van der Waals surface area contributed by atoms with Gasteiger partial charge in [0.15, 0.2) is 0 Å². The topological polar surface area (TPSA) is 50.4 Å². The molecule has 1 heterocycles. The Kier molecular flexibility index (Phi) is 8.42. The van der Waals surface area contributed by atoms with Crippen molar-refractivity contribution in [3.05, 3.63) is 29.3 Å². The highest BCUT2D eigenvalue weighted by Gasteiger charge is 2.34. The maximum Gasteiger partial charge on any atom is 0.416 e. The van der Waals surface area contributed by atoms with E-state index in [1.54, 1.807) is 20.8 Å². The molecule has 1 unspecified atom stereocenters. The summed E-state index contributed by atoms with van der Waals surface area (Å²) in [4.78, 5) is 12.0. The quantitative estimate of drug-likeness (QED) is 0.737. The van der Waals surface area contributed by atoms with Gasteiger partial charge in [0.1, 0.15) is 11.4 Å². The van der Waals surface area contributed by atoms with E-state index < -0.39 is 17.3 Å². The maximum atomic E-state index is 13.4. The Morgan fingerprint density at radius 3 is 2.56 bits per heavy atom. The summed E-state index contributed by atoms with van der Waals surface area (Å²) in [7, 11) is 0. The molecule has 1 amide bonds. The molecule has 0 aliphatic carbocycles. The van der Waals surface area contributed by atoms with Crippen LogP contribution in [0.1, 0.15) is 51.2 Å². The van der Waals surface area contributed by atoms with Crippen molar-refractivity contribution in [2.75, 3.05) is 13.1 Å². The van der Waals surface area contributed by atoms with Crippen LogP contribution in [0, 0.1) is 5.92 Å². The Bertz CT molecular complexity index is 624. The average Bonchev–Trinajstić information content (AvgIpc) is 3.02. The first-order valence-corrected chi connectivity index (χ1v) is 8.91. The number of ether oxygens (including phenoxy) is 1. The van der Waals surface area contributed by atoms with E-state index in [0.29, 0.717) is 12.3 Å². The van der Waals surface area contributed by atoms with Crippen LogP contribution in [0.15, 0.2) is 18.2 Å². The molecular formula is C19H28ClF3N2O2. The van der Waals surface area contributed by atoms with Gasteiger partial charge in [-0.3, -0.25) is 4.79 Å². The Hall–Kier alpha value is -1.47. The lowest BCUT2D eigenvalue weighted by molar-refractivity contribution is -0.138. The summed E-state index contributed by atoms with van der Waals surface area (Å²) in [5.41, 5.74) is -1.33. The second-order valence-electron chi connectivity index (χ2n) is 7.71. The zero-order valence-corrected chi connectivity index (χ0v) is 16.7. The van der Waals surface area contributed by atoms with Crippen LogP contribution in [0.2, 0.25) is 0 Å². The van der Waals surface area contributed by atoms with Gasteiger partial charge in [0, 0.05) is 13.0 Å². The first-order valence-electron chi connectivity index (χ1n) is 8.91. The highest BCUT2D eigenvalue weighted by Crippen LogP contribution is 2.35. The number of carbonyl (C=O) groups excluding carboxylic acids is 1. The molecule has 1 aromatic rings. The second-order valence-corrected chi connectivity index (χ2v) is 7.71. The number of rotatable bonds is 6. The third-order valence-corrected chi connectivity index (χ3v) is 4.23. The van der Waals surface area contributed by atoms with E-state index in [1.807, 2.05) is 0 Å². The predicted octanol–water partition coefficient (Wildman–Crippen LogP) is 4.31. The molecule has 8 heteroatoms. The number of amides is 1. The summed E-state index contributed by atoms with van der Waals surface area (Å²) >= 11 is 0. The fraction of sp³-hybridized carbons (Fsp3) is 0.632. The average molecular weight is 409 g/mol. The van der Waals surface area contributed by atoms with Crippen molar-refractivity contribution in [1.82, 2.24) is 10.6 Å². The molecule has 0 aromatic heterocycles. The van der Waals surface area contributed by atoms with Crippen LogP contribution in [-0.2, 0) is 17.5 Å². The van der Waals surface area contributed by atoms with Gasteiger partial charge in [-0.15, -0.1) is 12.4 Å². The van der Waals surface area contributed by atoms with E-state index in [1.165, 1.54) is 12.1 Å².